The second kappa shape index (κ2) is 4.58. The molecule has 0 saturated heterocycles. The van der Waals surface area contributed by atoms with Crippen LogP contribution < -0.4 is 10.5 Å². The number of anilines is 2. The molecule has 2 aromatic rings. The Morgan fingerprint density at radius 1 is 1.32 bits per heavy atom. The van der Waals surface area contributed by atoms with Crippen LogP contribution in [0.2, 0.25) is 0 Å². The Hall–Kier alpha value is -2.02. The molecule has 1 heterocycles. The molecule has 0 aliphatic heterocycles. The summed E-state index contributed by atoms with van der Waals surface area (Å²) in [4.78, 5) is 0.177. The summed E-state index contributed by atoms with van der Waals surface area (Å²) in [6.45, 7) is 3.48. The largest absolute Gasteiger partial charge is 0.398 e. The van der Waals surface area contributed by atoms with Gasteiger partial charge in [0, 0.05) is 25.0 Å². The number of nitrogens with zero attached hydrogens (tertiary/aromatic N) is 2. The third-order valence-electron chi connectivity index (χ3n) is 2.79. The van der Waals surface area contributed by atoms with Crippen LogP contribution in [0.3, 0.4) is 0 Å². The van der Waals surface area contributed by atoms with Gasteiger partial charge in [0.05, 0.1) is 4.90 Å². The van der Waals surface area contributed by atoms with Gasteiger partial charge in [-0.25, -0.2) is 8.42 Å². The molecule has 0 spiro atoms. The zero-order valence-corrected chi connectivity index (χ0v) is 11.8. The molecule has 1 aromatic heterocycles. The second-order valence-corrected chi connectivity index (χ2v) is 6.11. The van der Waals surface area contributed by atoms with Gasteiger partial charge in [0.2, 0.25) is 0 Å². The van der Waals surface area contributed by atoms with E-state index in [0.29, 0.717) is 11.3 Å². The number of hydrogen-bond acceptors (Lipinski definition) is 4. The molecular formula is C12H16N4O2S. The molecule has 0 bridgehead atoms. The Morgan fingerprint density at radius 2 is 2.00 bits per heavy atom. The van der Waals surface area contributed by atoms with E-state index in [1.54, 1.807) is 45.3 Å². The molecule has 0 fully saturated rings. The Morgan fingerprint density at radius 3 is 2.58 bits per heavy atom. The summed E-state index contributed by atoms with van der Waals surface area (Å²) in [5, 5.41) is 3.99. The SMILES string of the molecule is Cc1cc(N)c(C)c(S(=O)(=O)Nc2ccn(C)n2)c1. The molecular weight excluding hydrogens is 264 g/mol. The zero-order chi connectivity index (χ0) is 14.2. The number of nitrogens with two attached hydrogens (primary N) is 1. The van der Waals surface area contributed by atoms with Crippen LogP contribution in [0.5, 0.6) is 0 Å². The Balaban J connectivity index is 2.45. The van der Waals surface area contributed by atoms with Crippen LogP contribution in [-0.2, 0) is 17.1 Å². The summed E-state index contributed by atoms with van der Waals surface area (Å²) in [5.41, 5.74) is 7.60. The first-order chi connectivity index (χ1) is 8.79. The van der Waals surface area contributed by atoms with Gasteiger partial charge in [-0.15, -0.1) is 0 Å². The number of aryl methyl sites for hydroxylation is 2. The summed E-state index contributed by atoms with van der Waals surface area (Å²) in [5.74, 6) is 0.280. The first-order valence-electron chi connectivity index (χ1n) is 5.69. The second-order valence-electron chi connectivity index (χ2n) is 4.46. The lowest BCUT2D eigenvalue weighted by Gasteiger charge is -2.11. The third kappa shape index (κ3) is 2.70. The number of aromatic nitrogens is 2. The van der Waals surface area contributed by atoms with Crippen molar-refractivity contribution in [2.75, 3.05) is 10.5 Å². The molecule has 0 aliphatic carbocycles. The molecule has 0 saturated carbocycles. The van der Waals surface area contributed by atoms with E-state index >= 15 is 0 Å². The number of sulfonamides is 1. The van der Waals surface area contributed by atoms with Gasteiger partial charge in [-0.05, 0) is 37.1 Å². The van der Waals surface area contributed by atoms with Gasteiger partial charge in [-0.2, -0.15) is 5.10 Å². The molecule has 1 aromatic carbocycles. The predicted octanol–water partition coefficient (Wildman–Crippen LogP) is 1.42. The number of nitrogens with one attached hydrogen (secondary N) is 1. The van der Waals surface area contributed by atoms with Gasteiger partial charge in [0.1, 0.15) is 0 Å². The molecule has 6 nitrogen and oxygen atoms in total. The predicted molar refractivity (Wildman–Crippen MR) is 74.3 cm³/mol. The van der Waals surface area contributed by atoms with Crippen LogP contribution in [-0.4, -0.2) is 18.2 Å². The van der Waals surface area contributed by atoms with E-state index in [9.17, 15) is 8.42 Å². The van der Waals surface area contributed by atoms with Crippen LogP contribution in [0.1, 0.15) is 11.1 Å². The fraction of sp³-hybridized carbons (Fsp3) is 0.250. The molecule has 0 aliphatic rings. The molecule has 7 heteroatoms. The molecule has 3 N–H and O–H groups in total. The average molecular weight is 280 g/mol. The third-order valence-corrected chi connectivity index (χ3v) is 4.27. The highest BCUT2D eigenvalue weighted by Crippen LogP contribution is 2.24. The number of benzene rings is 1. The van der Waals surface area contributed by atoms with Gasteiger partial charge in [-0.1, -0.05) is 0 Å². The zero-order valence-electron chi connectivity index (χ0n) is 11.0. The van der Waals surface area contributed by atoms with Crippen LogP contribution in [0.15, 0.2) is 29.3 Å². The van der Waals surface area contributed by atoms with Crippen molar-refractivity contribution in [3.05, 3.63) is 35.5 Å². The van der Waals surface area contributed by atoms with Gasteiger partial charge in [0.15, 0.2) is 5.82 Å². The maximum absolute atomic E-state index is 12.3. The average Bonchev–Trinajstić information content (AvgIpc) is 2.68. The van der Waals surface area contributed by atoms with E-state index in [1.165, 1.54) is 4.68 Å². The smallest absolute Gasteiger partial charge is 0.263 e. The van der Waals surface area contributed by atoms with Crippen molar-refractivity contribution in [2.45, 2.75) is 18.7 Å². The monoisotopic (exact) mass is 280 g/mol. The summed E-state index contributed by atoms with van der Waals surface area (Å²) < 4.78 is 28.6. The van der Waals surface area contributed by atoms with Crippen LogP contribution in [0.4, 0.5) is 11.5 Å². The maximum Gasteiger partial charge on any atom is 0.263 e. The van der Waals surface area contributed by atoms with Crippen molar-refractivity contribution >= 4 is 21.5 Å². The Kier molecular flexibility index (Phi) is 3.23. The van der Waals surface area contributed by atoms with Crippen molar-refractivity contribution in [1.29, 1.82) is 0 Å². The fourth-order valence-electron chi connectivity index (χ4n) is 1.79. The van der Waals surface area contributed by atoms with Crippen molar-refractivity contribution in [3.8, 4) is 0 Å². The highest BCUT2D eigenvalue weighted by atomic mass is 32.2. The quantitative estimate of drug-likeness (QED) is 0.832. The Labute approximate surface area is 112 Å². The normalized spacial score (nSPS) is 11.5. The Bertz CT molecular complexity index is 719. The topological polar surface area (TPSA) is 90.0 Å². The van der Waals surface area contributed by atoms with Gasteiger partial charge < -0.3 is 5.73 Å². The van der Waals surface area contributed by atoms with Crippen molar-refractivity contribution in [3.63, 3.8) is 0 Å². The van der Waals surface area contributed by atoms with E-state index in [4.69, 9.17) is 5.73 Å². The lowest BCUT2D eigenvalue weighted by molar-refractivity contribution is 0.600. The van der Waals surface area contributed by atoms with Crippen molar-refractivity contribution < 1.29 is 8.42 Å². The maximum atomic E-state index is 12.3. The number of hydrogen-bond donors (Lipinski definition) is 2. The van der Waals surface area contributed by atoms with Crippen LogP contribution in [0, 0.1) is 13.8 Å². The molecule has 0 radical (unpaired) electrons. The molecule has 2 rings (SSSR count). The van der Waals surface area contributed by atoms with Gasteiger partial charge in [-0.3, -0.25) is 9.40 Å². The first kappa shape index (κ1) is 13.4. The van der Waals surface area contributed by atoms with Gasteiger partial charge >= 0.3 is 0 Å². The van der Waals surface area contributed by atoms with E-state index in [2.05, 4.69) is 9.82 Å². The summed E-state index contributed by atoms with van der Waals surface area (Å²) >= 11 is 0. The van der Waals surface area contributed by atoms with Crippen LogP contribution >= 0.6 is 0 Å². The minimum absolute atomic E-state index is 0.177. The first-order valence-corrected chi connectivity index (χ1v) is 7.17. The summed E-state index contributed by atoms with van der Waals surface area (Å²) in [6.07, 6.45) is 1.66. The van der Waals surface area contributed by atoms with Gasteiger partial charge in [0.25, 0.3) is 10.0 Å². The molecule has 0 unspecified atom stereocenters. The number of nitrogen functional groups attached to an aromatic ring is 1. The van der Waals surface area contributed by atoms with E-state index in [-0.39, 0.29) is 10.7 Å². The van der Waals surface area contributed by atoms with E-state index < -0.39 is 10.0 Å². The molecule has 102 valence electrons. The minimum atomic E-state index is -3.68. The highest BCUT2D eigenvalue weighted by molar-refractivity contribution is 7.92. The molecule has 0 amide bonds. The summed E-state index contributed by atoms with van der Waals surface area (Å²) in [6, 6.07) is 4.93. The van der Waals surface area contributed by atoms with E-state index in [1.807, 2.05) is 0 Å². The lowest BCUT2D eigenvalue weighted by atomic mass is 10.1. The van der Waals surface area contributed by atoms with Crippen molar-refractivity contribution in [2.24, 2.45) is 7.05 Å². The van der Waals surface area contributed by atoms with E-state index in [0.717, 1.165) is 5.56 Å². The summed E-state index contributed by atoms with van der Waals surface area (Å²) in [7, 11) is -1.97. The standard InChI is InChI=1S/C12H16N4O2S/c1-8-6-10(13)9(2)11(7-8)19(17,18)15-12-4-5-16(3)14-12/h4-7H,13H2,1-3H3,(H,14,15). The molecule has 0 atom stereocenters. The number of rotatable bonds is 3. The lowest BCUT2D eigenvalue weighted by Crippen LogP contribution is -2.15. The minimum Gasteiger partial charge on any atom is -0.398 e. The highest BCUT2D eigenvalue weighted by Gasteiger charge is 2.19. The molecule has 19 heavy (non-hydrogen) atoms. The fourth-order valence-corrected chi connectivity index (χ4v) is 3.15. The van der Waals surface area contributed by atoms with Crippen LogP contribution in [0.25, 0.3) is 0 Å². The van der Waals surface area contributed by atoms with Crippen molar-refractivity contribution in [1.82, 2.24) is 9.78 Å².